The second-order valence-corrected chi connectivity index (χ2v) is 8.02. The predicted molar refractivity (Wildman–Crippen MR) is 97.0 cm³/mol. The molecule has 1 atom stereocenters. The molecule has 0 bridgehead atoms. The van der Waals surface area contributed by atoms with E-state index in [9.17, 15) is 18.3 Å². The molecule has 3 rings (SSSR count). The highest BCUT2D eigenvalue weighted by molar-refractivity contribution is 7.89. The minimum atomic E-state index is -3.98. The number of nitrogens with one attached hydrogen (secondary N) is 2. The summed E-state index contributed by atoms with van der Waals surface area (Å²) in [6.45, 7) is 3.68. The zero-order valence-corrected chi connectivity index (χ0v) is 15.3. The second-order valence-electron chi connectivity index (χ2n) is 6.30. The number of carbonyl (C=O) groups excluding carboxylic acids is 1. The summed E-state index contributed by atoms with van der Waals surface area (Å²) in [6, 6.07) is 10.7. The number of benzene rings is 2. The molecule has 7 heteroatoms. The molecule has 2 N–H and O–H groups in total. The Labute approximate surface area is 151 Å². The van der Waals surface area contributed by atoms with Gasteiger partial charge in [-0.3, -0.25) is 0 Å². The summed E-state index contributed by atoms with van der Waals surface area (Å²) in [5, 5.41) is 12.4. The minimum Gasteiger partial charge on any atom is -0.548 e. The average Bonchev–Trinajstić information content (AvgIpc) is 2.99. The lowest BCUT2D eigenvalue weighted by molar-refractivity contribution is -0.307. The lowest BCUT2D eigenvalue weighted by Gasteiger charge is -2.20. The van der Waals surface area contributed by atoms with Crippen LogP contribution < -0.4 is 9.83 Å². The fourth-order valence-corrected chi connectivity index (χ4v) is 4.10. The first kappa shape index (κ1) is 18.2. The summed E-state index contributed by atoms with van der Waals surface area (Å²) in [6.07, 6.45) is 1.67. The van der Waals surface area contributed by atoms with Crippen LogP contribution in [0.25, 0.3) is 10.9 Å². The van der Waals surface area contributed by atoms with Gasteiger partial charge in [-0.1, -0.05) is 24.3 Å². The Kier molecular flexibility index (Phi) is 4.84. The van der Waals surface area contributed by atoms with Gasteiger partial charge in [0.05, 0.1) is 16.9 Å². The number of aromatic nitrogens is 1. The zero-order valence-electron chi connectivity index (χ0n) is 14.4. The van der Waals surface area contributed by atoms with Crippen molar-refractivity contribution >= 4 is 26.9 Å². The largest absolute Gasteiger partial charge is 0.548 e. The van der Waals surface area contributed by atoms with Gasteiger partial charge in [-0.2, -0.15) is 0 Å². The molecule has 2 aromatic carbocycles. The molecule has 0 unspecified atom stereocenters. The molecule has 0 radical (unpaired) electrons. The van der Waals surface area contributed by atoms with Gasteiger partial charge in [-0.15, -0.1) is 0 Å². The van der Waals surface area contributed by atoms with Gasteiger partial charge in [0.2, 0.25) is 10.0 Å². The van der Waals surface area contributed by atoms with E-state index in [0.29, 0.717) is 5.56 Å². The number of sulfonamides is 1. The number of hydrogen-bond donors (Lipinski definition) is 2. The quantitative estimate of drug-likeness (QED) is 0.684. The maximum Gasteiger partial charge on any atom is 0.241 e. The van der Waals surface area contributed by atoms with E-state index in [1.54, 1.807) is 19.2 Å². The number of aliphatic carboxylic acids is 1. The van der Waals surface area contributed by atoms with Crippen molar-refractivity contribution in [3.05, 3.63) is 65.4 Å². The maximum atomic E-state index is 12.6. The Morgan fingerprint density at radius 3 is 2.58 bits per heavy atom. The molecule has 3 aromatic rings. The molecule has 0 saturated carbocycles. The van der Waals surface area contributed by atoms with Gasteiger partial charge in [0.25, 0.3) is 0 Å². The fourth-order valence-electron chi connectivity index (χ4n) is 2.83. The average molecular weight is 371 g/mol. The summed E-state index contributed by atoms with van der Waals surface area (Å²) in [4.78, 5) is 14.6. The molecule has 6 nitrogen and oxygen atoms in total. The van der Waals surface area contributed by atoms with Gasteiger partial charge < -0.3 is 14.9 Å². The number of aromatic amines is 1. The van der Waals surface area contributed by atoms with Crippen molar-refractivity contribution in [1.82, 2.24) is 9.71 Å². The van der Waals surface area contributed by atoms with Crippen LogP contribution in [0.15, 0.2) is 53.6 Å². The second kappa shape index (κ2) is 6.93. The molecule has 1 heterocycles. The summed E-state index contributed by atoms with van der Waals surface area (Å²) in [5.74, 6) is -1.47. The van der Waals surface area contributed by atoms with Crippen LogP contribution in [0.5, 0.6) is 0 Å². The van der Waals surface area contributed by atoms with Gasteiger partial charge in [0.1, 0.15) is 0 Å². The molecule has 0 saturated heterocycles. The Bertz CT molecular complexity index is 1070. The molecule has 0 aliphatic rings. The third-order valence-corrected chi connectivity index (χ3v) is 5.94. The highest BCUT2D eigenvalue weighted by Crippen LogP contribution is 2.20. The highest BCUT2D eigenvalue weighted by atomic mass is 32.2. The van der Waals surface area contributed by atoms with E-state index in [-0.39, 0.29) is 11.3 Å². The van der Waals surface area contributed by atoms with Crippen molar-refractivity contribution in [2.45, 2.75) is 31.2 Å². The number of fused-ring (bicyclic) bond motifs is 1. The summed E-state index contributed by atoms with van der Waals surface area (Å²) >= 11 is 0. The van der Waals surface area contributed by atoms with Gasteiger partial charge in [0.15, 0.2) is 0 Å². The Balaban J connectivity index is 1.88. The molecule has 1 aromatic heterocycles. The molecule has 0 spiro atoms. The number of carboxylic acid groups (broad SMARTS) is 1. The number of carboxylic acids is 1. The summed E-state index contributed by atoms with van der Waals surface area (Å²) in [5.41, 5.74) is 3.34. The van der Waals surface area contributed by atoms with Gasteiger partial charge in [-0.25, -0.2) is 13.1 Å². The maximum absolute atomic E-state index is 12.6. The minimum absolute atomic E-state index is 0.0174. The fraction of sp³-hybridized carbons (Fsp3) is 0.211. The molecular weight excluding hydrogens is 352 g/mol. The van der Waals surface area contributed by atoms with Gasteiger partial charge in [-0.05, 0) is 55.2 Å². The number of hydrogen-bond acceptors (Lipinski definition) is 4. The van der Waals surface area contributed by atoms with Crippen LogP contribution in [0.2, 0.25) is 0 Å². The number of H-pyrrole nitrogens is 1. The Hall–Kier alpha value is -2.64. The van der Waals surface area contributed by atoms with Crippen LogP contribution in [0, 0.1) is 13.8 Å². The first-order chi connectivity index (χ1) is 12.3. The lowest BCUT2D eigenvalue weighted by Crippen LogP contribution is -2.49. The topological polar surface area (TPSA) is 102 Å². The first-order valence-corrected chi connectivity index (χ1v) is 9.61. The zero-order chi connectivity index (χ0) is 18.9. The van der Waals surface area contributed by atoms with Crippen molar-refractivity contribution in [2.24, 2.45) is 0 Å². The molecule has 0 aliphatic heterocycles. The van der Waals surface area contributed by atoms with E-state index in [0.717, 1.165) is 22.0 Å². The summed E-state index contributed by atoms with van der Waals surface area (Å²) in [7, 11) is -3.98. The van der Waals surface area contributed by atoms with Crippen molar-refractivity contribution in [2.75, 3.05) is 0 Å². The SMILES string of the molecule is Cc1ccc(S(=O)(=O)N[C@H](Cc2c[nH]c3ccccc23)C(=O)[O-])cc1C. The third-order valence-electron chi connectivity index (χ3n) is 4.47. The van der Waals surface area contributed by atoms with E-state index >= 15 is 0 Å². The normalized spacial score (nSPS) is 13.0. The van der Waals surface area contributed by atoms with Crippen LogP contribution in [0.4, 0.5) is 0 Å². The number of para-hydroxylation sites is 1. The smallest absolute Gasteiger partial charge is 0.241 e. The van der Waals surface area contributed by atoms with E-state index in [1.165, 1.54) is 12.1 Å². The highest BCUT2D eigenvalue weighted by Gasteiger charge is 2.22. The number of rotatable bonds is 6. The van der Waals surface area contributed by atoms with Crippen molar-refractivity contribution in [3.63, 3.8) is 0 Å². The third kappa shape index (κ3) is 3.63. The first-order valence-electron chi connectivity index (χ1n) is 8.13. The van der Waals surface area contributed by atoms with E-state index in [4.69, 9.17) is 0 Å². The van der Waals surface area contributed by atoms with Crippen LogP contribution in [-0.2, 0) is 21.2 Å². The van der Waals surface area contributed by atoms with Crippen molar-refractivity contribution in [3.8, 4) is 0 Å². The van der Waals surface area contributed by atoms with Crippen LogP contribution in [0.1, 0.15) is 16.7 Å². The lowest BCUT2D eigenvalue weighted by atomic mass is 10.1. The summed E-state index contributed by atoms with van der Waals surface area (Å²) < 4.78 is 27.4. The van der Waals surface area contributed by atoms with Gasteiger partial charge in [0, 0.05) is 17.1 Å². The van der Waals surface area contributed by atoms with Crippen LogP contribution in [-0.4, -0.2) is 25.4 Å². The molecule has 0 aliphatic carbocycles. The molecule has 0 amide bonds. The molecule has 26 heavy (non-hydrogen) atoms. The molecule has 136 valence electrons. The number of aryl methyl sites for hydroxylation is 2. The van der Waals surface area contributed by atoms with E-state index < -0.39 is 22.0 Å². The molecule has 0 fully saturated rings. The van der Waals surface area contributed by atoms with Crippen molar-refractivity contribution in [1.29, 1.82) is 0 Å². The molecular formula is C19H19N2O4S-. The van der Waals surface area contributed by atoms with E-state index in [1.807, 2.05) is 31.2 Å². The van der Waals surface area contributed by atoms with Crippen LogP contribution >= 0.6 is 0 Å². The van der Waals surface area contributed by atoms with Crippen LogP contribution in [0.3, 0.4) is 0 Å². The Morgan fingerprint density at radius 1 is 1.15 bits per heavy atom. The van der Waals surface area contributed by atoms with Crippen molar-refractivity contribution < 1.29 is 18.3 Å². The Morgan fingerprint density at radius 2 is 1.88 bits per heavy atom. The standard InChI is InChI=1S/C19H20N2O4S/c1-12-7-8-15(9-13(12)2)26(24,25)21-18(19(22)23)10-14-11-20-17-6-4-3-5-16(14)17/h3-9,11,18,20-21H,10H2,1-2H3,(H,22,23)/p-1/t18-/m1/s1. The number of carbonyl (C=O) groups is 1. The van der Waals surface area contributed by atoms with Gasteiger partial charge >= 0.3 is 0 Å². The predicted octanol–water partition coefficient (Wildman–Crippen LogP) is 1.42. The monoisotopic (exact) mass is 371 g/mol. The van der Waals surface area contributed by atoms with E-state index in [2.05, 4.69) is 9.71 Å².